The summed E-state index contributed by atoms with van der Waals surface area (Å²) in [4.78, 5) is 14.3. The third-order valence-corrected chi connectivity index (χ3v) is 7.62. The van der Waals surface area contributed by atoms with Crippen LogP contribution < -0.4 is 5.32 Å². The van der Waals surface area contributed by atoms with Gasteiger partial charge in [-0.15, -0.1) is 15.7 Å². The van der Waals surface area contributed by atoms with Crippen LogP contribution in [-0.2, 0) is 15.0 Å². The van der Waals surface area contributed by atoms with E-state index < -0.39 is 21.9 Å². The molecule has 2 aromatic heterocycles. The molecule has 33 heavy (non-hydrogen) atoms. The molecule has 4 rings (SSSR count). The molecule has 0 saturated heterocycles. The molecular weight excluding hydrogens is 489 g/mol. The van der Waals surface area contributed by atoms with Crippen molar-refractivity contribution in [3.8, 4) is 10.4 Å². The van der Waals surface area contributed by atoms with Crippen molar-refractivity contribution in [1.29, 1.82) is 0 Å². The molecule has 0 bridgehead atoms. The fourth-order valence-electron chi connectivity index (χ4n) is 3.03. The molecule has 3 aromatic rings. The van der Waals surface area contributed by atoms with Gasteiger partial charge in [-0.2, -0.15) is 13.5 Å². The Morgan fingerprint density at radius 2 is 1.94 bits per heavy atom. The van der Waals surface area contributed by atoms with E-state index in [1.165, 1.54) is 36.6 Å². The monoisotopic (exact) mass is 507 g/mol. The van der Waals surface area contributed by atoms with E-state index in [4.69, 9.17) is 11.6 Å². The molecule has 1 aliphatic heterocycles. The highest BCUT2D eigenvalue weighted by Crippen LogP contribution is 2.31. The summed E-state index contributed by atoms with van der Waals surface area (Å²) in [6.07, 6.45) is 5.05. The molecule has 0 saturated carbocycles. The highest BCUT2D eigenvalue weighted by Gasteiger charge is 2.30. The van der Waals surface area contributed by atoms with Crippen LogP contribution in [0.4, 0.5) is 10.1 Å². The zero-order valence-corrected chi connectivity index (χ0v) is 20.2. The van der Waals surface area contributed by atoms with E-state index in [1.54, 1.807) is 12.3 Å². The quantitative estimate of drug-likeness (QED) is 0.550. The smallest absolute Gasteiger partial charge is 0.321 e. The Bertz CT molecular complexity index is 1410. The highest BCUT2D eigenvalue weighted by atomic mass is 35.5. The molecule has 1 amide bonds. The fourth-order valence-corrected chi connectivity index (χ4v) is 5.11. The van der Waals surface area contributed by atoms with Gasteiger partial charge in [0.1, 0.15) is 11.5 Å². The first-order chi connectivity index (χ1) is 15.5. The molecule has 172 valence electrons. The summed E-state index contributed by atoms with van der Waals surface area (Å²) in [6, 6.07) is 7.48. The van der Waals surface area contributed by atoms with Gasteiger partial charge in [0, 0.05) is 35.4 Å². The van der Waals surface area contributed by atoms with Crippen LogP contribution in [0.5, 0.6) is 0 Å². The van der Waals surface area contributed by atoms with E-state index in [0.717, 1.165) is 20.8 Å². The van der Waals surface area contributed by atoms with Gasteiger partial charge in [-0.25, -0.2) is 8.70 Å². The maximum atomic E-state index is 13.4. The lowest BCUT2D eigenvalue weighted by Crippen LogP contribution is -2.35. The molecule has 0 unspecified atom stereocenters. The summed E-state index contributed by atoms with van der Waals surface area (Å²) < 4.78 is 45.1. The number of hydrogen-bond donors (Lipinski definition) is 1. The summed E-state index contributed by atoms with van der Waals surface area (Å²) in [6.45, 7) is 4.04. The summed E-state index contributed by atoms with van der Waals surface area (Å²) in [5, 5.41) is 6.70. The van der Waals surface area contributed by atoms with Crippen molar-refractivity contribution in [2.24, 2.45) is 4.40 Å². The van der Waals surface area contributed by atoms with Crippen LogP contribution in [0.2, 0.25) is 5.02 Å². The molecule has 0 atom stereocenters. The van der Waals surface area contributed by atoms with Crippen molar-refractivity contribution in [2.45, 2.75) is 19.9 Å². The Kier molecular flexibility index (Phi) is 6.12. The lowest BCUT2D eigenvalue weighted by Gasteiger charge is -2.23. The predicted molar refractivity (Wildman–Crippen MR) is 127 cm³/mol. The number of anilines is 1. The highest BCUT2D eigenvalue weighted by molar-refractivity contribution is 7.88. The minimum absolute atomic E-state index is 0.136. The average molecular weight is 508 g/mol. The maximum Gasteiger partial charge on any atom is 0.345 e. The second kappa shape index (κ2) is 8.73. The topological polar surface area (TPSA) is 96.7 Å². The van der Waals surface area contributed by atoms with Gasteiger partial charge in [0.2, 0.25) is 0 Å². The van der Waals surface area contributed by atoms with Crippen LogP contribution in [0.25, 0.3) is 10.4 Å². The number of nitrogens with one attached hydrogen (secondary N) is 1. The number of rotatable bonds is 5. The van der Waals surface area contributed by atoms with E-state index in [0.29, 0.717) is 4.88 Å². The molecule has 12 heteroatoms. The number of halogens is 2. The zero-order valence-electron chi connectivity index (χ0n) is 17.8. The largest absolute Gasteiger partial charge is 0.345 e. The number of nitrogens with zero attached hydrogens (tertiary/aromatic N) is 4. The Morgan fingerprint density at radius 3 is 2.61 bits per heavy atom. The Morgan fingerprint density at radius 1 is 1.21 bits per heavy atom. The van der Waals surface area contributed by atoms with Crippen molar-refractivity contribution in [2.75, 3.05) is 12.4 Å². The van der Waals surface area contributed by atoms with Crippen LogP contribution in [0.1, 0.15) is 24.8 Å². The number of aromatic nitrogens is 2. The van der Waals surface area contributed by atoms with Crippen LogP contribution in [0.3, 0.4) is 0 Å². The third-order valence-electron chi connectivity index (χ3n) is 4.86. The molecule has 0 radical (unpaired) electrons. The fraction of sp³-hybridized carbons (Fsp3) is 0.190. The summed E-state index contributed by atoms with van der Waals surface area (Å²) in [5.74, 6) is -1.33. The first-order valence-electron chi connectivity index (χ1n) is 9.77. The van der Waals surface area contributed by atoms with Crippen molar-refractivity contribution in [1.82, 2.24) is 14.1 Å². The summed E-state index contributed by atoms with van der Waals surface area (Å²) >= 11 is 7.10. The third kappa shape index (κ3) is 4.70. The number of carbonyl (C=O) groups is 1. The van der Waals surface area contributed by atoms with Crippen molar-refractivity contribution in [3.05, 3.63) is 70.2 Å². The second-order valence-corrected chi connectivity index (χ2v) is 10.6. The first-order valence-corrected chi connectivity index (χ1v) is 12.4. The molecule has 1 N–H and O–H groups in total. The van der Waals surface area contributed by atoms with E-state index in [2.05, 4.69) is 14.8 Å². The Balaban J connectivity index is 1.65. The SMILES string of the molecule is CC(C)n1cc(-c2ccc(C3=NS(=O)(=O)N(C)C(C(=O)Nc4ccc(F)c(Cl)c4)=C3)s2)cn1. The standard InChI is InChI=1S/C21H19ClFN5O3S2/c1-12(2)28-11-13(10-24-28)19-6-7-20(32-19)17-9-18(27(3)33(30,31)26-17)21(29)25-14-4-5-16(23)15(22)8-14/h4-12H,1-3H3,(H,25,29). The van der Waals surface area contributed by atoms with Crippen LogP contribution in [0.15, 0.2) is 58.9 Å². The first kappa shape index (κ1) is 23.1. The van der Waals surface area contributed by atoms with Gasteiger partial charge in [0.25, 0.3) is 5.91 Å². The van der Waals surface area contributed by atoms with Gasteiger partial charge in [-0.3, -0.25) is 9.48 Å². The van der Waals surface area contributed by atoms with Crippen molar-refractivity contribution >= 4 is 50.5 Å². The molecular formula is C21H19ClFN5O3S2. The van der Waals surface area contributed by atoms with Gasteiger partial charge >= 0.3 is 10.2 Å². The summed E-state index contributed by atoms with van der Waals surface area (Å²) in [7, 11) is -2.89. The molecule has 8 nitrogen and oxygen atoms in total. The molecule has 1 aromatic carbocycles. The predicted octanol–water partition coefficient (Wildman–Crippen LogP) is 4.49. The maximum absolute atomic E-state index is 13.4. The zero-order chi connectivity index (χ0) is 23.9. The van der Waals surface area contributed by atoms with Gasteiger partial charge in [-0.05, 0) is 50.3 Å². The number of likely N-dealkylation sites (N-methyl/N-ethyl adjacent to an activating group) is 1. The van der Waals surface area contributed by atoms with Crippen LogP contribution in [0, 0.1) is 5.82 Å². The minimum atomic E-state index is -4.13. The number of allylic oxidation sites excluding steroid dienone is 1. The van der Waals surface area contributed by atoms with Crippen LogP contribution >= 0.6 is 22.9 Å². The molecule has 0 fully saturated rings. The number of hydrogen-bond acceptors (Lipinski definition) is 5. The van der Waals surface area contributed by atoms with E-state index in [9.17, 15) is 17.6 Å². The number of benzene rings is 1. The van der Waals surface area contributed by atoms with E-state index in [-0.39, 0.29) is 28.2 Å². The molecule has 0 aliphatic carbocycles. The Labute approximate surface area is 199 Å². The number of amides is 1. The number of carbonyl (C=O) groups excluding carboxylic acids is 1. The molecule has 3 heterocycles. The summed E-state index contributed by atoms with van der Waals surface area (Å²) in [5.41, 5.74) is 1.13. The van der Waals surface area contributed by atoms with Crippen LogP contribution in [-0.4, -0.2) is 41.2 Å². The van der Waals surface area contributed by atoms with Gasteiger partial charge < -0.3 is 5.32 Å². The molecule has 0 spiro atoms. The van der Waals surface area contributed by atoms with Gasteiger partial charge in [0.15, 0.2) is 0 Å². The normalized spacial score (nSPS) is 15.4. The van der Waals surface area contributed by atoms with Gasteiger partial charge in [-0.1, -0.05) is 11.6 Å². The lowest BCUT2D eigenvalue weighted by molar-refractivity contribution is -0.113. The minimum Gasteiger partial charge on any atom is -0.321 e. The lowest BCUT2D eigenvalue weighted by atomic mass is 10.2. The Hall–Kier alpha value is -3.02. The van der Waals surface area contributed by atoms with Crippen molar-refractivity contribution < 1.29 is 17.6 Å². The average Bonchev–Trinajstić information content (AvgIpc) is 3.42. The van der Waals surface area contributed by atoms with E-state index >= 15 is 0 Å². The number of thiophene rings is 1. The molecule has 1 aliphatic rings. The van der Waals surface area contributed by atoms with Gasteiger partial charge in [0.05, 0.1) is 21.8 Å². The van der Waals surface area contributed by atoms with E-state index in [1.807, 2.05) is 30.8 Å². The second-order valence-electron chi connectivity index (χ2n) is 7.50. The van der Waals surface area contributed by atoms with Crippen molar-refractivity contribution in [3.63, 3.8) is 0 Å².